The van der Waals surface area contributed by atoms with Crippen LogP contribution in [-0.4, -0.2) is 58.0 Å². The van der Waals surface area contributed by atoms with E-state index in [-0.39, 0.29) is 17.9 Å². The van der Waals surface area contributed by atoms with Gasteiger partial charge in [-0.05, 0) is 39.3 Å². The molecule has 2 aromatic heterocycles. The van der Waals surface area contributed by atoms with Crippen LogP contribution in [0.1, 0.15) is 26.0 Å². The van der Waals surface area contributed by atoms with Gasteiger partial charge in [-0.3, -0.25) is 0 Å². The number of rotatable bonds is 6. The van der Waals surface area contributed by atoms with Crippen LogP contribution >= 0.6 is 11.3 Å². The third-order valence-corrected chi connectivity index (χ3v) is 7.10. The van der Waals surface area contributed by atoms with E-state index in [1.54, 1.807) is 20.8 Å². The molecular formula is C23H24F3N5O3S. The Morgan fingerprint density at radius 2 is 1.91 bits per heavy atom. The van der Waals surface area contributed by atoms with E-state index in [0.717, 1.165) is 16.5 Å². The maximum atomic E-state index is 12.8. The quantitative estimate of drug-likeness (QED) is 0.469. The first-order chi connectivity index (χ1) is 16.5. The summed E-state index contributed by atoms with van der Waals surface area (Å²) in [6, 6.07) is 7.28. The standard InChI is InChI=1S/C23H24F3N5O3S/c1-11-16(20-30-13-6-4-5-7-15(13)35-20)19(31-21(28-11)27-10-23(24,25)26)29-14-8-12(9-32)17-18(14)34-22(2,3)33-17/h4-7,9,12,14,17-18H,8,10H2,1-3H3,(H2,27,28,29,31)/t12-,14-,17-,18+/m1/s1. The SMILES string of the molecule is Cc1nc(NCC(F)(F)F)nc(N[C@@H]2C[C@H](C=O)[C@H]3OC(C)(C)O[C@H]32)c1-c1nc2ccccc2s1. The van der Waals surface area contributed by atoms with Gasteiger partial charge >= 0.3 is 6.18 Å². The normalized spacial score (nSPS) is 25.5. The first kappa shape index (κ1) is 23.9. The van der Waals surface area contributed by atoms with Gasteiger partial charge in [-0.1, -0.05) is 12.1 Å². The minimum absolute atomic E-state index is 0.155. The number of carbonyl (C=O) groups excluding carboxylic acids is 1. The molecule has 1 aromatic carbocycles. The molecular weight excluding hydrogens is 483 g/mol. The van der Waals surface area contributed by atoms with Crippen LogP contribution in [0.2, 0.25) is 0 Å². The Morgan fingerprint density at radius 1 is 1.17 bits per heavy atom. The van der Waals surface area contributed by atoms with Gasteiger partial charge in [-0.2, -0.15) is 18.2 Å². The fourth-order valence-corrected chi connectivity index (χ4v) is 5.71. The summed E-state index contributed by atoms with van der Waals surface area (Å²) >= 11 is 1.44. The Kier molecular flexibility index (Phi) is 5.93. The molecule has 2 fully saturated rings. The van der Waals surface area contributed by atoms with Crippen molar-refractivity contribution in [2.45, 2.75) is 57.4 Å². The topological polar surface area (TPSA) is 98.3 Å². The summed E-state index contributed by atoms with van der Waals surface area (Å²) in [5, 5.41) is 6.23. The second-order valence-corrected chi connectivity index (χ2v) is 10.2. The second-order valence-electron chi connectivity index (χ2n) is 9.16. The number of benzene rings is 1. The van der Waals surface area contributed by atoms with Gasteiger partial charge in [0.05, 0.1) is 33.6 Å². The summed E-state index contributed by atoms with van der Waals surface area (Å²) in [5.41, 5.74) is 1.86. The van der Waals surface area contributed by atoms with Crippen LogP contribution in [-0.2, 0) is 14.3 Å². The Balaban J connectivity index is 1.54. The molecule has 1 saturated carbocycles. The Labute approximate surface area is 203 Å². The molecule has 0 bridgehead atoms. The first-order valence-electron chi connectivity index (χ1n) is 11.2. The van der Waals surface area contributed by atoms with Gasteiger partial charge in [0.1, 0.15) is 29.8 Å². The number of alkyl halides is 3. The molecule has 2 N–H and O–H groups in total. The third kappa shape index (κ3) is 4.82. The number of anilines is 2. The van der Waals surface area contributed by atoms with Crippen molar-refractivity contribution in [3.63, 3.8) is 0 Å². The molecule has 3 heterocycles. The summed E-state index contributed by atoms with van der Waals surface area (Å²) in [5.74, 6) is -1.06. The van der Waals surface area contributed by atoms with E-state index in [0.29, 0.717) is 28.5 Å². The lowest BCUT2D eigenvalue weighted by Gasteiger charge is -2.24. The lowest BCUT2D eigenvalue weighted by atomic mass is 10.1. The molecule has 0 unspecified atom stereocenters. The monoisotopic (exact) mass is 507 g/mol. The van der Waals surface area contributed by atoms with Crippen molar-refractivity contribution < 1.29 is 27.4 Å². The first-order valence-corrected chi connectivity index (χ1v) is 12.0. The number of aryl methyl sites for hydroxylation is 1. The fourth-order valence-electron chi connectivity index (χ4n) is 4.64. The van der Waals surface area contributed by atoms with Crippen molar-refractivity contribution in [1.29, 1.82) is 0 Å². The zero-order chi connectivity index (χ0) is 25.0. The molecule has 0 amide bonds. The number of carbonyl (C=O) groups is 1. The largest absolute Gasteiger partial charge is 0.405 e. The second kappa shape index (κ2) is 8.68. The lowest BCUT2D eigenvalue weighted by Crippen LogP contribution is -2.35. The minimum Gasteiger partial charge on any atom is -0.364 e. The van der Waals surface area contributed by atoms with Crippen LogP contribution in [0.3, 0.4) is 0 Å². The maximum absolute atomic E-state index is 12.8. The highest BCUT2D eigenvalue weighted by molar-refractivity contribution is 7.21. The molecule has 3 aromatic rings. The van der Waals surface area contributed by atoms with Gasteiger partial charge in [0.2, 0.25) is 5.95 Å². The average Bonchev–Trinajstić information content (AvgIpc) is 3.42. The number of para-hydroxylation sites is 1. The molecule has 4 atom stereocenters. The molecule has 8 nitrogen and oxygen atoms in total. The number of aromatic nitrogens is 3. The average molecular weight is 508 g/mol. The van der Waals surface area contributed by atoms with Crippen LogP contribution in [0.25, 0.3) is 20.8 Å². The van der Waals surface area contributed by atoms with Gasteiger partial charge in [-0.15, -0.1) is 11.3 Å². The summed E-state index contributed by atoms with van der Waals surface area (Å²) in [6.45, 7) is 4.01. The van der Waals surface area contributed by atoms with Crippen LogP contribution in [0.4, 0.5) is 24.9 Å². The van der Waals surface area contributed by atoms with E-state index >= 15 is 0 Å². The molecule has 35 heavy (non-hydrogen) atoms. The van der Waals surface area contributed by atoms with E-state index in [9.17, 15) is 18.0 Å². The highest BCUT2D eigenvalue weighted by atomic mass is 32.1. The molecule has 0 spiro atoms. The van der Waals surface area contributed by atoms with Gasteiger partial charge in [0.25, 0.3) is 0 Å². The number of thiazole rings is 1. The molecule has 1 saturated heterocycles. The van der Waals surface area contributed by atoms with Crippen molar-refractivity contribution in [2.75, 3.05) is 17.2 Å². The van der Waals surface area contributed by atoms with E-state index in [1.165, 1.54) is 11.3 Å². The number of fused-ring (bicyclic) bond motifs is 2. The predicted molar refractivity (Wildman–Crippen MR) is 125 cm³/mol. The van der Waals surface area contributed by atoms with Crippen LogP contribution in [0.15, 0.2) is 24.3 Å². The lowest BCUT2D eigenvalue weighted by molar-refractivity contribution is -0.157. The summed E-state index contributed by atoms with van der Waals surface area (Å²) in [7, 11) is 0. The zero-order valence-electron chi connectivity index (χ0n) is 19.2. The Bertz CT molecular complexity index is 1230. The van der Waals surface area contributed by atoms with Gasteiger partial charge in [0, 0.05) is 5.92 Å². The minimum atomic E-state index is -4.42. The number of nitrogens with zero attached hydrogens (tertiary/aromatic N) is 3. The van der Waals surface area contributed by atoms with E-state index in [1.807, 2.05) is 24.3 Å². The van der Waals surface area contributed by atoms with E-state index < -0.39 is 30.7 Å². The summed E-state index contributed by atoms with van der Waals surface area (Å²) in [4.78, 5) is 25.1. The van der Waals surface area contributed by atoms with Crippen LogP contribution in [0.5, 0.6) is 0 Å². The highest BCUT2D eigenvalue weighted by Gasteiger charge is 2.54. The predicted octanol–water partition coefficient (Wildman–Crippen LogP) is 4.56. The Morgan fingerprint density at radius 3 is 2.63 bits per heavy atom. The summed E-state index contributed by atoms with van der Waals surface area (Å²) < 4.78 is 51.5. The number of hydrogen-bond acceptors (Lipinski definition) is 9. The molecule has 12 heteroatoms. The number of hydrogen-bond donors (Lipinski definition) is 2. The molecule has 5 rings (SSSR count). The molecule has 1 aliphatic carbocycles. The number of ether oxygens (including phenoxy) is 2. The zero-order valence-corrected chi connectivity index (χ0v) is 20.0. The van der Waals surface area contributed by atoms with Gasteiger partial charge in [-0.25, -0.2) is 9.97 Å². The van der Waals surface area contributed by atoms with E-state index in [2.05, 4.69) is 20.6 Å². The Hall–Kier alpha value is -2.83. The van der Waals surface area contributed by atoms with Gasteiger partial charge < -0.3 is 24.9 Å². The number of halogens is 3. The molecule has 186 valence electrons. The van der Waals surface area contributed by atoms with Crippen LogP contribution < -0.4 is 10.6 Å². The van der Waals surface area contributed by atoms with E-state index in [4.69, 9.17) is 14.5 Å². The van der Waals surface area contributed by atoms with Crippen LogP contribution in [0, 0.1) is 12.8 Å². The number of nitrogens with one attached hydrogen (secondary N) is 2. The third-order valence-electron chi connectivity index (χ3n) is 6.05. The van der Waals surface area contributed by atoms with Crippen molar-refractivity contribution >= 4 is 39.6 Å². The summed E-state index contributed by atoms with van der Waals surface area (Å²) in [6.07, 6.45) is -3.97. The highest BCUT2D eigenvalue weighted by Crippen LogP contribution is 2.43. The fraction of sp³-hybridized carbons (Fsp3) is 0.478. The molecule has 0 radical (unpaired) electrons. The number of aldehydes is 1. The van der Waals surface area contributed by atoms with Crippen molar-refractivity contribution in [2.24, 2.45) is 5.92 Å². The van der Waals surface area contributed by atoms with Gasteiger partial charge in [0.15, 0.2) is 5.79 Å². The molecule has 1 aliphatic heterocycles. The maximum Gasteiger partial charge on any atom is 0.405 e. The van der Waals surface area contributed by atoms with Crippen molar-refractivity contribution in [1.82, 2.24) is 15.0 Å². The van der Waals surface area contributed by atoms with Crippen molar-refractivity contribution in [3.05, 3.63) is 30.0 Å². The van der Waals surface area contributed by atoms with Crippen molar-refractivity contribution in [3.8, 4) is 10.6 Å². The molecule has 2 aliphatic rings. The smallest absolute Gasteiger partial charge is 0.364 e.